The van der Waals surface area contributed by atoms with Crippen LogP contribution in [0.4, 0.5) is 0 Å². The summed E-state index contributed by atoms with van der Waals surface area (Å²) in [6.07, 6.45) is 0. The largest absolute Gasteiger partial charge is 0.490 e. The summed E-state index contributed by atoms with van der Waals surface area (Å²) in [4.78, 5) is 15.8. The van der Waals surface area contributed by atoms with Crippen molar-refractivity contribution >= 4 is 28.5 Å². The molecule has 1 aromatic carbocycles. The second-order valence-corrected chi connectivity index (χ2v) is 4.57. The quantitative estimate of drug-likeness (QED) is 0.791. The van der Waals surface area contributed by atoms with Crippen LogP contribution in [0.15, 0.2) is 18.2 Å². The van der Waals surface area contributed by atoms with E-state index in [0.717, 1.165) is 0 Å². The number of nitrogens with zero attached hydrogens (tertiary/aromatic N) is 1. The molecule has 0 N–H and O–H groups in total. The van der Waals surface area contributed by atoms with E-state index in [2.05, 4.69) is 9.72 Å². The van der Waals surface area contributed by atoms with Gasteiger partial charge in [0, 0.05) is 11.5 Å². The van der Waals surface area contributed by atoms with Crippen molar-refractivity contribution in [3.8, 4) is 11.5 Å². The zero-order valence-corrected chi connectivity index (χ0v) is 12.9. The summed E-state index contributed by atoms with van der Waals surface area (Å²) in [7, 11) is 1.30. The van der Waals surface area contributed by atoms with E-state index in [1.54, 1.807) is 12.1 Å². The van der Waals surface area contributed by atoms with Crippen LogP contribution in [-0.4, -0.2) is 31.3 Å². The Bertz CT molecular complexity index is 672. The van der Waals surface area contributed by atoms with E-state index in [9.17, 15) is 4.79 Å². The standard InChI is InChI=1S/C15H16ClNO4/c1-4-20-13-6-9-10(16)7-12(15(18)19-3)17-11(9)8-14(13)21-5-2/h6-8H,4-5H2,1-3H3. The van der Waals surface area contributed by atoms with E-state index in [-0.39, 0.29) is 5.69 Å². The molecule has 1 aromatic heterocycles. The third-order valence-corrected chi connectivity index (χ3v) is 3.13. The minimum absolute atomic E-state index is 0.154. The molecule has 1 heterocycles. The van der Waals surface area contributed by atoms with Gasteiger partial charge in [0.05, 0.1) is 30.9 Å². The molecule has 0 atom stereocenters. The van der Waals surface area contributed by atoms with E-state index in [1.165, 1.54) is 13.2 Å². The van der Waals surface area contributed by atoms with E-state index < -0.39 is 5.97 Å². The maximum absolute atomic E-state index is 11.6. The Hall–Kier alpha value is -2.01. The van der Waals surface area contributed by atoms with Gasteiger partial charge in [-0.25, -0.2) is 9.78 Å². The molecule has 0 unspecified atom stereocenters. The van der Waals surface area contributed by atoms with Crippen molar-refractivity contribution in [1.29, 1.82) is 0 Å². The van der Waals surface area contributed by atoms with E-state index in [0.29, 0.717) is 40.6 Å². The van der Waals surface area contributed by atoms with Crippen molar-refractivity contribution in [3.05, 3.63) is 28.9 Å². The van der Waals surface area contributed by atoms with Gasteiger partial charge in [0.25, 0.3) is 0 Å². The average molecular weight is 310 g/mol. The minimum Gasteiger partial charge on any atom is -0.490 e. The van der Waals surface area contributed by atoms with Gasteiger partial charge in [0.15, 0.2) is 17.2 Å². The summed E-state index contributed by atoms with van der Waals surface area (Å²) in [5.41, 5.74) is 0.705. The first-order valence-electron chi connectivity index (χ1n) is 6.58. The molecule has 6 heteroatoms. The molecule has 2 rings (SSSR count). The van der Waals surface area contributed by atoms with Crippen LogP contribution < -0.4 is 9.47 Å². The molecule has 0 aliphatic carbocycles. The monoisotopic (exact) mass is 309 g/mol. The molecule has 0 saturated carbocycles. The zero-order chi connectivity index (χ0) is 15.4. The van der Waals surface area contributed by atoms with Gasteiger partial charge < -0.3 is 14.2 Å². The summed E-state index contributed by atoms with van der Waals surface area (Å²) in [6.45, 7) is 4.78. The van der Waals surface area contributed by atoms with Crippen LogP contribution in [0.5, 0.6) is 11.5 Å². The van der Waals surface area contributed by atoms with Gasteiger partial charge in [-0.1, -0.05) is 11.6 Å². The topological polar surface area (TPSA) is 57.7 Å². The zero-order valence-electron chi connectivity index (χ0n) is 12.1. The number of pyridine rings is 1. The number of halogens is 1. The first kappa shape index (κ1) is 15.4. The fraction of sp³-hybridized carbons (Fsp3) is 0.333. The molecule has 0 bridgehead atoms. The second-order valence-electron chi connectivity index (χ2n) is 4.16. The Labute approximate surface area is 127 Å². The molecule has 0 spiro atoms. The Kier molecular flexibility index (Phi) is 4.85. The minimum atomic E-state index is -0.536. The smallest absolute Gasteiger partial charge is 0.356 e. The van der Waals surface area contributed by atoms with Crippen LogP contribution in [0.3, 0.4) is 0 Å². The Morgan fingerprint density at radius 3 is 2.33 bits per heavy atom. The first-order valence-corrected chi connectivity index (χ1v) is 6.96. The van der Waals surface area contributed by atoms with Crippen LogP contribution in [0.1, 0.15) is 24.3 Å². The molecule has 2 aromatic rings. The van der Waals surface area contributed by atoms with Crippen LogP contribution in [0.25, 0.3) is 10.9 Å². The SMILES string of the molecule is CCOc1cc2nc(C(=O)OC)cc(Cl)c2cc1OCC. The van der Waals surface area contributed by atoms with Gasteiger partial charge in [-0.3, -0.25) is 0 Å². The van der Waals surface area contributed by atoms with E-state index in [4.69, 9.17) is 21.1 Å². The number of benzene rings is 1. The summed E-state index contributed by atoms with van der Waals surface area (Å²) < 4.78 is 15.8. The highest BCUT2D eigenvalue weighted by molar-refractivity contribution is 6.35. The predicted octanol–water partition coefficient (Wildman–Crippen LogP) is 3.47. The lowest BCUT2D eigenvalue weighted by molar-refractivity contribution is 0.0594. The number of aromatic nitrogens is 1. The fourth-order valence-electron chi connectivity index (χ4n) is 1.94. The van der Waals surface area contributed by atoms with Gasteiger partial charge in [0.2, 0.25) is 0 Å². The maximum Gasteiger partial charge on any atom is 0.356 e. The molecule has 0 aliphatic heterocycles. The lowest BCUT2D eigenvalue weighted by Gasteiger charge is -2.13. The normalized spacial score (nSPS) is 10.5. The summed E-state index contributed by atoms with van der Waals surface area (Å²) in [6, 6.07) is 4.95. The Balaban J connectivity index is 2.63. The Morgan fingerprint density at radius 1 is 1.14 bits per heavy atom. The number of carbonyl (C=O) groups excluding carboxylic acids is 1. The first-order chi connectivity index (χ1) is 10.1. The van der Waals surface area contributed by atoms with Crippen LogP contribution in [0, 0.1) is 0 Å². The van der Waals surface area contributed by atoms with E-state index in [1.807, 2.05) is 13.8 Å². The van der Waals surface area contributed by atoms with Crippen LogP contribution in [-0.2, 0) is 4.74 Å². The molecule has 0 amide bonds. The number of carbonyl (C=O) groups is 1. The van der Waals surface area contributed by atoms with Crippen molar-refractivity contribution in [2.75, 3.05) is 20.3 Å². The number of rotatable bonds is 5. The second kappa shape index (κ2) is 6.63. The van der Waals surface area contributed by atoms with Gasteiger partial charge in [-0.2, -0.15) is 0 Å². The Morgan fingerprint density at radius 2 is 1.76 bits per heavy atom. The van der Waals surface area contributed by atoms with E-state index >= 15 is 0 Å². The molecule has 5 nitrogen and oxygen atoms in total. The molecular weight excluding hydrogens is 294 g/mol. The summed E-state index contributed by atoms with van der Waals surface area (Å²) >= 11 is 6.22. The number of hydrogen-bond donors (Lipinski definition) is 0. The van der Waals surface area contributed by atoms with Gasteiger partial charge >= 0.3 is 5.97 Å². The third kappa shape index (κ3) is 3.19. The molecular formula is C15H16ClNO4. The number of hydrogen-bond acceptors (Lipinski definition) is 5. The van der Waals surface area contributed by atoms with Gasteiger partial charge in [-0.15, -0.1) is 0 Å². The highest BCUT2D eigenvalue weighted by Crippen LogP contribution is 2.35. The lowest BCUT2D eigenvalue weighted by atomic mass is 10.1. The van der Waals surface area contributed by atoms with Crippen molar-refractivity contribution < 1.29 is 19.0 Å². The van der Waals surface area contributed by atoms with Gasteiger partial charge in [-0.05, 0) is 26.0 Å². The number of methoxy groups -OCH3 is 1. The predicted molar refractivity (Wildman–Crippen MR) is 80.4 cm³/mol. The molecule has 0 saturated heterocycles. The number of fused-ring (bicyclic) bond motifs is 1. The van der Waals surface area contributed by atoms with Crippen LogP contribution in [0.2, 0.25) is 5.02 Å². The van der Waals surface area contributed by atoms with Crippen molar-refractivity contribution in [1.82, 2.24) is 4.98 Å². The molecule has 21 heavy (non-hydrogen) atoms. The molecule has 0 aliphatic rings. The van der Waals surface area contributed by atoms with Crippen molar-refractivity contribution in [2.45, 2.75) is 13.8 Å². The third-order valence-electron chi connectivity index (χ3n) is 2.82. The van der Waals surface area contributed by atoms with Crippen LogP contribution >= 0.6 is 11.6 Å². The number of ether oxygens (including phenoxy) is 3. The summed E-state index contributed by atoms with van der Waals surface area (Å²) in [5, 5.41) is 1.10. The fourth-order valence-corrected chi connectivity index (χ4v) is 2.19. The van der Waals surface area contributed by atoms with Gasteiger partial charge in [0.1, 0.15) is 0 Å². The molecule has 0 fully saturated rings. The van der Waals surface area contributed by atoms with Crippen molar-refractivity contribution in [2.24, 2.45) is 0 Å². The highest BCUT2D eigenvalue weighted by Gasteiger charge is 2.15. The maximum atomic E-state index is 11.6. The number of esters is 1. The highest BCUT2D eigenvalue weighted by atomic mass is 35.5. The summed E-state index contributed by atoms with van der Waals surface area (Å²) in [5.74, 6) is 0.629. The molecule has 112 valence electrons. The lowest BCUT2D eigenvalue weighted by Crippen LogP contribution is -2.05. The average Bonchev–Trinajstić information content (AvgIpc) is 2.48. The molecule has 0 radical (unpaired) electrons. The van der Waals surface area contributed by atoms with Crippen molar-refractivity contribution in [3.63, 3.8) is 0 Å².